The molecule has 114 valence electrons. The Balaban J connectivity index is 2.35. The summed E-state index contributed by atoms with van der Waals surface area (Å²) in [5, 5.41) is 23.4. The molecule has 2 N–H and O–H groups in total. The number of rotatable bonds is 5. The minimum absolute atomic E-state index is 0.273. The molecule has 1 heterocycles. The molecule has 0 amide bonds. The van der Waals surface area contributed by atoms with Gasteiger partial charge in [-0.1, -0.05) is 0 Å². The summed E-state index contributed by atoms with van der Waals surface area (Å²) in [5.74, 6) is -1.28. The predicted molar refractivity (Wildman–Crippen MR) is 79.0 cm³/mol. The van der Waals surface area contributed by atoms with Gasteiger partial charge in [0, 0.05) is 24.3 Å². The molecule has 0 radical (unpaired) electrons. The molecule has 0 unspecified atom stereocenters. The first-order valence-electron chi connectivity index (χ1n) is 7.03. The lowest BCUT2D eigenvalue weighted by Crippen LogP contribution is -2.43. The lowest BCUT2D eigenvalue weighted by Gasteiger charge is -2.35. The standard InChI is InChI=1S/C14H19N3O4/c1-2-16(10-5-7-15-8-6-10)11-3-4-12(14(18)19)13(9-11)17(20)21/h3-4,9-10,15H,2,5-8H2,1H3,(H,18,19). The first-order valence-corrected chi connectivity index (χ1v) is 7.03. The summed E-state index contributed by atoms with van der Waals surface area (Å²) in [6.07, 6.45) is 1.95. The zero-order valence-corrected chi connectivity index (χ0v) is 11.9. The molecule has 2 rings (SSSR count). The number of piperidine rings is 1. The SMILES string of the molecule is CCN(c1ccc(C(=O)O)c([N+](=O)[O-])c1)C1CCNCC1. The number of anilines is 1. The van der Waals surface area contributed by atoms with Gasteiger partial charge in [0.1, 0.15) is 5.56 Å². The van der Waals surface area contributed by atoms with E-state index in [1.54, 1.807) is 6.07 Å². The van der Waals surface area contributed by atoms with Crippen LogP contribution in [0, 0.1) is 10.1 Å². The van der Waals surface area contributed by atoms with Gasteiger partial charge in [0.25, 0.3) is 5.69 Å². The van der Waals surface area contributed by atoms with Crippen molar-refractivity contribution in [3.63, 3.8) is 0 Å². The van der Waals surface area contributed by atoms with Crippen molar-refractivity contribution in [2.75, 3.05) is 24.5 Å². The van der Waals surface area contributed by atoms with Gasteiger partial charge >= 0.3 is 5.97 Å². The van der Waals surface area contributed by atoms with Crippen LogP contribution in [0.4, 0.5) is 11.4 Å². The highest BCUT2D eigenvalue weighted by atomic mass is 16.6. The summed E-state index contributed by atoms with van der Waals surface area (Å²) in [7, 11) is 0. The van der Waals surface area contributed by atoms with E-state index in [9.17, 15) is 14.9 Å². The van der Waals surface area contributed by atoms with Gasteiger partial charge in [0.2, 0.25) is 0 Å². The second kappa shape index (κ2) is 6.53. The van der Waals surface area contributed by atoms with Crippen LogP contribution in [0.3, 0.4) is 0 Å². The lowest BCUT2D eigenvalue weighted by atomic mass is 10.0. The number of nitrogens with one attached hydrogen (secondary N) is 1. The minimum atomic E-state index is -1.28. The van der Waals surface area contributed by atoms with Crippen LogP contribution in [0.5, 0.6) is 0 Å². The van der Waals surface area contributed by atoms with Crippen LogP contribution in [-0.4, -0.2) is 41.7 Å². The molecule has 0 aromatic heterocycles. The van der Waals surface area contributed by atoms with Gasteiger partial charge in [-0.15, -0.1) is 0 Å². The minimum Gasteiger partial charge on any atom is -0.477 e. The van der Waals surface area contributed by atoms with Crippen LogP contribution in [0.1, 0.15) is 30.1 Å². The molecule has 21 heavy (non-hydrogen) atoms. The molecule has 1 aromatic rings. The van der Waals surface area contributed by atoms with E-state index in [1.165, 1.54) is 12.1 Å². The summed E-state index contributed by atoms with van der Waals surface area (Å²) in [6.45, 7) is 4.58. The van der Waals surface area contributed by atoms with Crippen LogP contribution >= 0.6 is 0 Å². The number of carboxylic acid groups (broad SMARTS) is 1. The molecule has 0 aliphatic carbocycles. The zero-order valence-electron chi connectivity index (χ0n) is 11.9. The fourth-order valence-electron chi connectivity index (χ4n) is 2.80. The maximum atomic E-state index is 11.1. The Bertz CT molecular complexity index is 541. The van der Waals surface area contributed by atoms with Crippen molar-refractivity contribution in [2.45, 2.75) is 25.8 Å². The zero-order chi connectivity index (χ0) is 15.4. The summed E-state index contributed by atoms with van der Waals surface area (Å²) in [6, 6.07) is 4.67. The van der Waals surface area contributed by atoms with Crippen LogP contribution in [0.25, 0.3) is 0 Å². The van der Waals surface area contributed by atoms with E-state index in [0.29, 0.717) is 11.7 Å². The number of nitro groups is 1. The molecule has 0 spiro atoms. The van der Waals surface area contributed by atoms with Crippen LogP contribution in [0.15, 0.2) is 18.2 Å². The van der Waals surface area contributed by atoms with Gasteiger partial charge in [-0.25, -0.2) is 4.79 Å². The van der Waals surface area contributed by atoms with E-state index < -0.39 is 10.9 Å². The second-order valence-corrected chi connectivity index (χ2v) is 5.03. The fourth-order valence-corrected chi connectivity index (χ4v) is 2.80. The van der Waals surface area contributed by atoms with Crippen molar-refractivity contribution < 1.29 is 14.8 Å². The molecule has 1 fully saturated rings. The average Bonchev–Trinajstić information content (AvgIpc) is 2.48. The highest BCUT2D eigenvalue weighted by molar-refractivity contribution is 5.93. The average molecular weight is 293 g/mol. The number of carbonyl (C=O) groups is 1. The third-order valence-corrected chi connectivity index (χ3v) is 3.83. The first kappa shape index (κ1) is 15.2. The normalized spacial score (nSPS) is 15.7. The topological polar surface area (TPSA) is 95.7 Å². The van der Waals surface area contributed by atoms with Crippen molar-refractivity contribution in [2.24, 2.45) is 0 Å². The Kier molecular flexibility index (Phi) is 4.74. The van der Waals surface area contributed by atoms with Crippen molar-refractivity contribution in [1.82, 2.24) is 5.32 Å². The van der Waals surface area contributed by atoms with Gasteiger partial charge in [0.05, 0.1) is 4.92 Å². The Morgan fingerprint density at radius 1 is 1.48 bits per heavy atom. The van der Waals surface area contributed by atoms with Crippen molar-refractivity contribution in [3.05, 3.63) is 33.9 Å². The number of carboxylic acids is 1. The van der Waals surface area contributed by atoms with Crippen molar-refractivity contribution in [1.29, 1.82) is 0 Å². The first-order chi connectivity index (χ1) is 10.0. The molecule has 1 aromatic carbocycles. The molecule has 0 bridgehead atoms. The van der Waals surface area contributed by atoms with Gasteiger partial charge < -0.3 is 15.3 Å². The van der Waals surface area contributed by atoms with E-state index in [2.05, 4.69) is 10.2 Å². The van der Waals surface area contributed by atoms with Crippen molar-refractivity contribution >= 4 is 17.3 Å². The largest absolute Gasteiger partial charge is 0.477 e. The summed E-state index contributed by atoms with van der Waals surface area (Å²) in [4.78, 5) is 23.6. The van der Waals surface area contributed by atoms with E-state index in [0.717, 1.165) is 32.5 Å². The highest BCUT2D eigenvalue weighted by Gasteiger charge is 2.25. The van der Waals surface area contributed by atoms with E-state index in [-0.39, 0.29) is 11.3 Å². The molecular weight excluding hydrogens is 274 g/mol. The van der Waals surface area contributed by atoms with E-state index in [4.69, 9.17) is 5.11 Å². The number of nitrogens with zero attached hydrogens (tertiary/aromatic N) is 2. The summed E-state index contributed by atoms with van der Waals surface area (Å²) < 4.78 is 0. The van der Waals surface area contributed by atoms with Gasteiger partial charge in [0.15, 0.2) is 0 Å². The molecule has 1 aliphatic rings. The number of hydrogen-bond acceptors (Lipinski definition) is 5. The van der Waals surface area contributed by atoms with Gasteiger partial charge in [-0.2, -0.15) is 0 Å². The Morgan fingerprint density at radius 2 is 2.14 bits per heavy atom. The smallest absolute Gasteiger partial charge is 0.342 e. The van der Waals surface area contributed by atoms with E-state index in [1.807, 2.05) is 6.92 Å². The number of nitro benzene ring substituents is 1. The monoisotopic (exact) mass is 293 g/mol. The quantitative estimate of drug-likeness (QED) is 0.635. The van der Waals surface area contributed by atoms with E-state index >= 15 is 0 Å². The van der Waals surface area contributed by atoms with Crippen LogP contribution < -0.4 is 10.2 Å². The number of hydrogen-bond donors (Lipinski definition) is 2. The summed E-state index contributed by atoms with van der Waals surface area (Å²) in [5.41, 5.74) is 0.0820. The third-order valence-electron chi connectivity index (χ3n) is 3.83. The summed E-state index contributed by atoms with van der Waals surface area (Å²) >= 11 is 0. The Hall–Kier alpha value is -2.15. The Labute approximate surface area is 122 Å². The van der Waals surface area contributed by atoms with Crippen LogP contribution in [0.2, 0.25) is 0 Å². The molecule has 7 nitrogen and oxygen atoms in total. The number of benzene rings is 1. The Morgan fingerprint density at radius 3 is 2.67 bits per heavy atom. The highest BCUT2D eigenvalue weighted by Crippen LogP contribution is 2.28. The fraction of sp³-hybridized carbons (Fsp3) is 0.500. The second-order valence-electron chi connectivity index (χ2n) is 5.03. The molecule has 1 saturated heterocycles. The van der Waals surface area contributed by atoms with Crippen molar-refractivity contribution in [3.8, 4) is 0 Å². The van der Waals surface area contributed by atoms with Gasteiger partial charge in [-0.05, 0) is 45.0 Å². The molecule has 0 atom stereocenters. The van der Waals surface area contributed by atoms with Crippen LogP contribution in [-0.2, 0) is 0 Å². The maximum Gasteiger partial charge on any atom is 0.342 e. The number of aromatic carboxylic acids is 1. The third kappa shape index (κ3) is 3.30. The predicted octanol–water partition coefficient (Wildman–Crippen LogP) is 1.87. The molecule has 7 heteroatoms. The maximum absolute atomic E-state index is 11.1. The lowest BCUT2D eigenvalue weighted by molar-refractivity contribution is -0.385. The van der Waals surface area contributed by atoms with Gasteiger partial charge in [-0.3, -0.25) is 10.1 Å². The molecule has 1 aliphatic heterocycles. The molecule has 0 saturated carbocycles. The molecular formula is C14H19N3O4.